The summed E-state index contributed by atoms with van der Waals surface area (Å²) in [6, 6.07) is 3.36. The Morgan fingerprint density at radius 1 is 1.41 bits per heavy atom. The molecule has 0 aliphatic carbocycles. The minimum absolute atomic E-state index is 0.319. The molecule has 0 spiro atoms. The van der Waals surface area contributed by atoms with Gasteiger partial charge in [-0.25, -0.2) is 0 Å². The Hall–Kier alpha value is -2.24. The number of rotatable bonds is 4. The van der Waals surface area contributed by atoms with Gasteiger partial charge in [0.25, 0.3) is 0 Å². The van der Waals surface area contributed by atoms with Gasteiger partial charge in [-0.15, -0.1) is 0 Å². The lowest BCUT2D eigenvalue weighted by Gasteiger charge is -2.06. The highest BCUT2D eigenvalue weighted by Crippen LogP contribution is 2.26. The Morgan fingerprint density at radius 2 is 2.24 bits per heavy atom. The Balaban J connectivity index is 2.22. The summed E-state index contributed by atoms with van der Waals surface area (Å²) in [4.78, 5) is 4.11. The van der Waals surface area contributed by atoms with Gasteiger partial charge in [0.15, 0.2) is 5.75 Å². The zero-order valence-electron chi connectivity index (χ0n) is 9.75. The molecular formula is C11H14N4O2. The van der Waals surface area contributed by atoms with Crippen molar-refractivity contribution in [1.29, 1.82) is 0 Å². The molecule has 2 aromatic heterocycles. The first kappa shape index (κ1) is 11.3. The van der Waals surface area contributed by atoms with Crippen molar-refractivity contribution in [3.8, 4) is 17.5 Å². The van der Waals surface area contributed by atoms with Crippen molar-refractivity contribution >= 4 is 5.69 Å². The molecule has 0 saturated carbocycles. The summed E-state index contributed by atoms with van der Waals surface area (Å²) in [5, 5.41) is 4.09. The van der Waals surface area contributed by atoms with Crippen molar-refractivity contribution in [2.45, 2.75) is 13.5 Å². The van der Waals surface area contributed by atoms with Gasteiger partial charge >= 0.3 is 0 Å². The van der Waals surface area contributed by atoms with Gasteiger partial charge in [-0.2, -0.15) is 10.1 Å². The highest BCUT2D eigenvalue weighted by atomic mass is 16.5. The molecule has 6 nitrogen and oxygen atoms in total. The van der Waals surface area contributed by atoms with Crippen molar-refractivity contribution in [2.24, 2.45) is 0 Å². The minimum Gasteiger partial charge on any atom is -0.481 e. The van der Waals surface area contributed by atoms with E-state index in [1.54, 1.807) is 29.2 Å². The van der Waals surface area contributed by atoms with Crippen molar-refractivity contribution in [3.05, 3.63) is 24.5 Å². The zero-order chi connectivity index (χ0) is 12.3. The maximum atomic E-state index is 5.76. The molecule has 0 bridgehead atoms. The second kappa shape index (κ2) is 4.73. The molecule has 0 fully saturated rings. The predicted molar refractivity (Wildman–Crippen MR) is 63.2 cm³/mol. The van der Waals surface area contributed by atoms with Gasteiger partial charge in [0, 0.05) is 12.6 Å². The van der Waals surface area contributed by atoms with Crippen LogP contribution in [0.5, 0.6) is 17.5 Å². The average molecular weight is 234 g/mol. The van der Waals surface area contributed by atoms with Gasteiger partial charge in [-0.3, -0.25) is 4.68 Å². The van der Waals surface area contributed by atoms with Crippen LogP contribution < -0.4 is 15.2 Å². The third-order valence-electron chi connectivity index (χ3n) is 2.22. The Kier molecular flexibility index (Phi) is 3.13. The first-order valence-corrected chi connectivity index (χ1v) is 5.23. The van der Waals surface area contributed by atoms with Crippen LogP contribution in [-0.4, -0.2) is 21.9 Å². The highest BCUT2D eigenvalue weighted by Gasteiger charge is 2.07. The molecule has 90 valence electrons. The second-order valence-corrected chi connectivity index (χ2v) is 3.38. The van der Waals surface area contributed by atoms with Crippen LogP contribution in [0.3, 0.4) is 0 Å². The topological polar surface area (TPSA) is 75.2 Å². The molecule has 2 aromatic rings. The van der Waals surface area contributed by atoms with E-state index in [4.69, 9.17) is 15.2 Å². The van der Waals surface area contributed by atoms with E-state index in [0.717, 1.165) is 6.54 Å². The lowest BCUT2D eigenvalue weighted by molar-refractivity contribution is 0.384. The van der Waals surface area contributed by atoms with Gasteiger partial charge < -0.3 is 15.2 Å². The highest BCUT2D eigenvalue weighted by molar-refractivity contribution is 5.50. The number of methoxy groups -OCH3 is 1. The summed E-state index contributed by atoms with van der Waals surface area (Å²) in [5.41, 5.74) is 6.21. The van der Waals surface area contributed by atoms with Crippen LogP contribution in [0.1, 0.15) is 6.92 Å². The summed E-state index contributed by atoms with van der Waals surface area (Å²) in [5.74, 6) is 1.37. The van der Waals surface area contributed by atoms with E-state index in [2.05, 4.69) is 10.1 Å². The van der Waals surface area contributed by atoms with E-state index in [0.29, 0.717) is 23.2 Å². The normalized spacial score (nSPS) is 10.2. The maximum absolute atomic E-state index is 5.76. The van der Waals surface area contributed by atoms with Gasteiger partial charge in [-0.05, 0) is 13.0 Å². The Morgan fingerprint density at radius 3 is 2.88 bits per heavy atom. The van der Waals surface area contributed by atoms with Crippen LogP contribution in [-0.2, 0) is 6.54 Å². The Labute approximate surface area is 99.0 Å². The molecule has 0 aliphatic heterocycles. The first-order valence-electron chi connectivity index (χ1n) is 5.23. The van der Waals surface area contributed by atoms with Crippen molar-refractivity contribution < 1.29 is 9.47 Å². The molecule has 2 N–H and O–H groups in total. The first-order chi connectivity index (χ1) is 8.22. The number of nitrogens with zero attached hydrogens (tertiary/aromatic N) is 3. The standard InChI is InChI=1S/C11H14N4O2/c1-3-15-7-8(6-13-15)17-11-9(12)4-5-10(14-11)16-2/h4-7H,3,12H2,1-2H3. The fourth-order valence-corrected chi connectivity index (χ4v) is 1.31. The smallest absolute Gasteiger partial charge is 0.246 e. The molecule has 0 unspecified atom stereocenters. The lowest BCUT2D eigenvalue weighted by atomic mass is 10.4. The number of hydrogen-bond acceptors (Lipinski definition) is 5. The van der Waals surface area contributed by atoms with Gasteiger partial charge in [0.05, 0.1) is 25.2 Å². The third-order valence-corrected chi connectivity index (χ3v) is 2.22. The van der Waals surface area contributed by atoms with E-state index >= 15 is 0 Å². The number of nitrogen functional groups attached to an aromatic ring is 1. The molecule has 0 atom stereocenters. The molecule has 0 amide bonds. The van der Waals surface area contributed by atoms with E-state index in [-0.39, 0.29) is 0 Å². The fourth-order valence-electron chi connectivity index (χ4n) is 1.31. The maximum Gasteiger partial charge on any atom is 0.246 e. The predicted octanol–water partition coefficient (Wildman–Crippen LogP) is 1.68. The summed E-state index contributed by atoms with van der Waals surface area (Å²) in [7, 11) is 1.54. The molecule has 0 saturated heterocycles. The molecule has 17 heavy (non-hydrogen) atoms. The van der Waals surface area contributed by atoms with Crippen LogP contribution in [0.25, 0.3) is 0 Å². The molecular weight excluding hydrogens is 220 g/mol. The summed E-state index contributed by atoms with van der Waals surface area (Å²) in [6.07, 6.45) is 3.39. The van der Waals surface area contributed by atoms with Crippen LogP contribution in [0.2, 0.25) is 0 Å². The largest absolute Gasteiger partial charge is 0.481 e. The minimum atomic E-state index is 0.319. The number of pyridine rings is 1. The number of nitrogens with two attached hydrogens (primary N) is 1. The van der Waals surface area contributed by atoms with Crippen molar-refractivity contribution in [1.82, 2.24) is 14.8 Å². The molecule has 0 aromatic carbocycles. The van der Waals surface area contributed by atoms with Gasteiger partial charge in [0.2, 0.25) is 11.8 Å². The number of aryl methyl sites for hydroxylation is 1. The molecule has 0 radical (unpaired) electrons. The van der Waals surface area contributed by atoms with E-state index < -0.39 is 0 Å². The van der Waals surface area contributed by atoms with Crippen molar-refractivity contribution in [2.75, 3.05) is 12.8 Å². The van der Waals surface area contributed by atoms with E-state index in [1.165, 1.54) is 7.11 Å². The number of ether oxygens (including phenoxy) is 2. The third kappa shape index (κ3) is 2.47. The number of anilines is 1. The SMILES string of the molecule is CCn1cc(Oc2nc(OC)ccc2N)cn1. The van der Waals surface area contributed by atoms with Crippen molar-refractivity contribution in [3.63, 3.8) is 0 Å². The lowest BCUT2D eigenvalue weighted by Crippen LogP contribution is -1.97. The number of hydrogen-bond donors (Lipinski definition) is 1. The fraction of sp³-hybridized carbons (Fsp3) is 0.273. The van der Waals surface area contributed by atoms with Crippen LogP contribution in [0, 0.1) is 0 Å². The second-order valence-electron chi connectivity index (χ2n) is 3.38. The molecule has 6 heteroatoms. The van der Waals surface area contributed by atoms with Gasteiger partial charge in [-0.1, -0.05) is 0 Å². The van der Waals surface area contributed by atoms with E-state index in [1.807, 2.05) is 6.92 Å². The molecule has 2 heterocycles. The molecule has 0 aliphatic rings. The summed E-state index contributed by atoms with van der Waals surface area (Å²) < 4.78 is 12.3. The zero-order valence-corrected chi connectivity index (χ0v) is 9.75. The van der Waals surface area contributed by atoms with Crippen LogP contribution >= 0.6 is 0 Å². The van der Waals surface area contributed by atoms with E-state index in [9.17, 15) is 0 Å². The number of aromatic nitrogens is 3. The summed E-state index contributed by atoms with van der Waals surface area (Å²) >= 11 is 0. The average Bonchev–Trinajstić information content (AvgIpc) is 2.80. The van der Waals surface area contributed by atoms with Crippen LogP contribution in [0.15, 0.2) is 24.5 Å². The summed E-state index contributed by atoms with van der Waals surface area (Å²) in [6.45, 7) is 2.78. The van der Waals surface area contributed by atoms with Crippen LogP contribution in [0.4, 0.5) is 5.69 Å². The quantitative estimate of drug-likeness (QED) is 0.871. The molecule has 2 rings (SSSR count). The Bertz CT molecular complexity index is 510. The monoisotopic (exact) mass is 234 g/mol. The van der Waals surface area contributed by atoms with Gasteiger partial charge in [0.1, 0.15) is 0 Å².